The second-order valence-corrected chi connectivity index (χ2v) is 10.5. The van der Waals surface area contributed by atoms with Gasteiger partial charge in [-0.1, -0.05) is 47.8 Å². The number of hydrogen-bond acceptors (Lipinski definition) is 6. The molecular formula is C28H17Br3N2O5. The molecule has 190 valence electrons. The summed E-state index contributed by atoms with van der Waals surface area (Å²) in [5, 5.41) is 3.98. The molecule has 0 spiro atoms. The first-order valence-corrected chi connectivity index (χ1v) is 13.3. The number of rotatable bonds is 7. The first-order valence-electron chi connectivity index (χ1n) is 11.0. The van der Waals surface area contributed by atoms with Crippen LogP contribution in [0.2, 0.25) is 0 Å². The zero-order valence-electron chi connectivity index (χ0n) is 19.4. The van der Waals surface area contributed by atoms with E-state index in [4.69, 9.17) is 9.47 Å². The summed E-state index contributed by atoms with van der Waals surface area (Å²) in [6.45, 7) is 0. The largest absolute Gasteiger partial charge is 0.419 e. The zero-order chi connectivity index (χ0) is 27.1. The number of esters is 2. The van der Waals surface area contributed by atoms with Crippen LogP contribution in [0.15, 0.2) is 110 Å². The van der Waals surface area contributed by atoms with Crippen LogP contribution >= 0.6 is 47.8 Å². The van der Waals surface area contributed by atoms with Gasteiger partial charge in [0.15, 0.2) is 11.5 Å². The van der Waals surface area contributed by atoms with E-state index in [1.807, 2.05) is 0 Å². The molecule has 0 bridgehead atoms. The molecule has 0 heterocycles. The normalized spacial score (nSPS) is 10.7. The Morgan fingerprint density at radius 3 is 1.55 bits per heavy atom. The average Bonchev–Trinajstić information content (AvgIpc) is 2.91. The van der Waals surface area contributed by atoms with Gasteiger partial charge in [0, 0.05) is 19.0 Å². The molecule has 0 aliphatic rings. The predicted molar refractivity (Wildman–Crippen MR) is 154 cm³/mol. The lowest BCUT2D eigenvalue weighted by atomic mass is 10.2. The van der Waals surface area contributed by atoms with Crippen LogP contribution in [0.25, 0.3) is 0 Å². The maximum absolute atomic E-state index is 12.8. The van der Waals surface area contributed by atoms with E-state index >= 15 is 0 Å². The summed E-state index contributed by atoms with van der Waals surface area (Å²) in [7, 11) is 0. The van der Waals surface area contributed by atoms with E-state index in [0.717, 1.165) is 13.4 Å². The molecule has 0 aromatic heterocycles. The van der Waals surface area contributed by atoms with Crippen LogP contribution in [0.5, 0.6) is 11.5 Å². The fraction of sp³-hybridized carbons (Fsp3) is 0. The van der Waals surface area contributed by atoms with Crippen LogP contribution in [0.3, 0.4) is 0 Å². The Balaban J connectivity index is 1.55. The summed E-state index contributed by atoms with van der Waals surface area (Å²) < 4.78 is 13.6. The first-order chi connectivity index (χ1) is 18.3. The maximum Gasteiger partial charge on any atom is 0.343 e. The average molecular weight is 701 g/mol. The van der Waals surface area contributed by atoms with E-state index in [-0.39, 0.29) is 11.5 Å². The smallest absolute Gasteiger partial charge is 0.343 e. The molecule has 10 heteroatoms. The fourth-order valence-corrected chi connectivity index (χ4v) is 3.88. The van der Waals surface area contributed by atoms with E-state index in [9.17, 15) is 14.4 Å². The summed E-state index contributed by atoms with van der Waals surface area (Å²) in [5.41, 5.74) is 3.99. The lowest BCUT2D eigenvalue weighted by Gasteiger charge is -2.12. The molecule has 0 aliphatic heterocycles. The number of amides is 1. The van der Waals surface area contributed by atoms with Gasteiger partial charge in [0.1, 0.15) is 0 Å². The number of hydrazone groups is 1. The van der Waals surface area contributed by atoms with Crippen LogP contribution in [0.1, 0.15) is 36.6 Å². The van der Waals surface area contributed by atoms with Crippen molar-refractivity contribution in [2.75, 3.05) is 0 Å². The minimum absolute atomic E-state index is 0.00608. The molecule has 0 saturated carbocycles. The molecule has 0 atom stereocenters. The summed E-state index contributed by atoms with van der Waals surface area (Å²) in [5.74, 6) is -1.61. The van der Waals surface area contributed by atoms with Crippen molar-refractivity contribution in [2.45, 2.75) is 0 Å². The Hall–Kier alpha value is -3.60. The Morgan fingerprint density at radius 1 is 0.605 bits per heavy atom. The van der Waals surface area contributed by atoms with E-state index in [2.05, 4.69) is 58.3 Å². The molecule has 7 nitrogen and oxygen atoms in total. The summed E-state index contributed by atoms with van der Waals surface area (Å²) in [4.78, 5) is 37.8. The minimum Gasteiger partial charge on any atom is -0.419 e. The van der Waals surface area contributed by atoms with Crippen molar-refractivity contribution in [2.24, 2.45) is 5.10 Å². The zero-order valence-corrected chi connectivity index (χ0v) is 24.1. The minimum atomic E-state index is -0.643. The first kappa shape index (κ1) is 27.4. The third kappa shape index (κ3) is 7.47. The number of nitrogens with zero attached hydrogens (tertiary/aromatic N) is 1. The van der Waals surface area contributed by atoms with Crippen LogP contribution in [0.4, 0.5) is 0 Å². The lowest BCUT2D eigenvalue weighted by molar-refractivity contribution is 0.0682. The number of carbonyl (C=O) groups excluding carboxylic acids is 3. The second kappa shape index (κ2) is 12.8. The number of nitrogens with one attached hydrogen (secondary N) is 1. The van der Waals surface area contributed by atoms with Crippen molar-refractivity contribution in [3.63, 3.8) is 0 Å². The van der Waals surface area contributed by atoms with Crippen molar-refractivity contribution in [3.05, 3.63) is 127 Å². The number of hydrogen-bond donors (Lipinski definition) is 1. The number of halogens is 3. The Morgan fingerprint density at radius 2 is 1.05 bits per heavy atom. The quantitative estimate of drug-likeness (QED) is 0.0955. The Labute approximate surface area is 243 Å². The SMILES string of the molecule is O=C(N/N=C/c1ccc(OC(=O)c2ccc(Br)cc2)c(OC(=O)c2ccc(Br)cc2)c1)c1ccc(Br)cc1. The van der Waals surface area contributed by atoms with Gasteiger partial charge in [0.05, 0.1) is 17.3 Å². The maximum atomic E-state index is 12.8. The summed E-state index contributed by atoms with van der Waals surface area (Å²) in [6, 6.07) is 24.6. The molecular weight excluding hydrogens is 684 g/mol. The van der Waals surface area contributed by atoms with Crippen LogP contribution in [-0.2, 0) is 0 Å². The topological polar surface area (TPSA) is 94.1 Å². The Kier molecular flexibility index (Phi) is 9.22. The van der Waals surface area contributed by atoms with E-state index in [1.165, 1.54) is 18.3 Å². The van der Waals surface area contributed by atoms with Crippen LogP contribution < -0.4 is 14.9 Å². The molecule has 4 aromatic carbocycles. The highest BCUT2D eigenvalue weighted by molar-refractivity contribution is 9.11. The molecule has 1 N–H and O–H groups in total. The van der Waals surface area contributed by atoms with Crippen LogP contribution in [-0.4, -0.2) is 24.1 Å². The van der Waals surface area contributed by atoms with Gasteiger partial charge in [-0.25, -0.2) is 15.0 Å². The molecule has 0 aliphatic carbocycles. The van der Waals surface area contributed by atoms with E-state index in [1.54, 1.807) is 78.9 Å². The van der Waals surface area contributed by atoms with Crippen molar-refractivity contribution in [1.82, 2.24) is 5.43 Å². The van der Waals surface area contributed by atoms with Crippen LogP contribution in [0, 0.1) is 0 Å². The fourth-order valence-electron chi connectivity index (χ4n) is 3.09. The number of carbonyl (C=O) groups is 3. The highest BCUT2D eigenvalue weighted by atomic mass is 79.9. The highest BCUT2D eigenvalue weighted by Gasteiger charge is 2.17. The summed E-state index contributed by atoms with van der Waals surface area (Å²) in [6.07, 6.45) is 1.38. The lowest BCUT2D eigenvalue weighted by Crippen LogP contribution is -2.17. The molecule has 0 saturated heterocycles. The molecule has 38 heavy (non-hydrogen) atoms. The molecule has 1 amide bonds. The predicted octanol–water partition coefficient (Wildman–Crippen LogP) is 7.18. The molecule has 0 unspecified atom stereocenters. The van der Waals surface area contributed by atoms with Gasteiger partial charge in [-0.15, -0.1) is 0 Å². The standard InChI is InChI=1S/C28H17Br3N2O5/c29-21-8-2-18(3-9-21)26(34)33-32-16-17-1-14-24(37-27(35)19-4-10-22(30)11-5-19)25(15-17)38-28(36)20-6-12-23(31)13-7-20/h1-16H,(H,33,34)/b32-16+. The highest BCUT2D eigenvalue weighted by Crippen LogP contribution is 2.30. The van der Waals surface area contributed by atoms with E-state index < -0.39 is 17.8 Å². The van der Waals surface area contributed by atoms with Crippen molar-refractivity contribution < 1.29 is 23.9 Å². The van der Waals surface area contributed by atoms with Gasteiger partial charge in [-0.05, 0) is 96.6 Å². The van der Waals surface area contributed by atoms with Gasteiger partial charge in [0.25, 0.3) is 5.91 Å². The third-order valence-electron chi connectivity index (χ3n) is 5.02. The molecule has 4 aromatic rings. The number of benzene rings is 4. The van der Waals surface area contributed by atoms with Crippen molar-refractivity contribution in [1.29, 1.82) is 0 Å². The van der Waals surface area contributed by atoms with Gasteiger partial charge >= 0.3 is 11.9 Å². The van der Waals surface area contributed by atoms with Crippen molar-refractivity contribution >= 4 is 71.9 Å². The molecule has 4 rings (SSSR count). The monoisotopic (exact) mass is 698 g/mol. The Bertz CT molecular complexity index is 1500. The molecule has 0 fully saturated rings. The number of ether oxygens (including phenoxy) is 2. The summed E-state index contributed by atoms with van der Waals surface area (Å²) >= 11 is 9.98. The third-order valence-corrected chi connectivity index (χ3v) is 6.61. The second-order valence-electron chi connectivity index (χ2n) is 7.71. The van der Waals surface area contributed by atoms with E-state index in [0.29, 0.717) is 22.3 Å². The van der Waals surface area contributed by atoms with Gasteiger partial charge in [0.2, 0.25) is 0 Å². The van der Waals surface area contributed by atoms with Gasteiger partial charge in [-0.3, -0.25) is 4.79 Å². The van der Waals surface area contributed by atoms with Crippen molar-refractivity contribution in [3.8, 4) is 11.5 Å². The van der Waals surface area contributed by atoms with Gasteiger partial charge in [-0.2, -0.15) is 5.10 Å². The molecule has 0 radical (unpaired) electrons. The van der Waals surface area contributed by atoms with Gasteiger partial charge < -0.3 is 9.47 Å².